The third-order valence-corrected chi connectivity index (χ3v) is 1.57. The fraction of sp³-hybridized carbons (Fsp3) is 1.00. The maximum absolute atomic E-state index is 9.15. The van der Waals surface area contributed by atoms with E-state index in [1.165, 1.54) is 0 Å². The van der Waals surface area contributed by atoms with Crippen molar-refractivity contribution in [2.75, 3.05) is 13.2 Å². The summed E-state index contributed by atoms with van der Waals surface area (Å²) in [4.78, 5) is 0. The number of ether oxygens (including phenoxy) is 2. The highest BCUT2D eigenvalue weighted by atomic mass is 16.7. The van der Waals surface area contributed by atoms with E-state index < -0.39 is 0 Å². The quantitative estimate of drug-likeness (QED) is 0.617. The van der Waals surface area contributed by atoms with Gasteiger partial charge in [-0.2, -0.15) is 0 Å². The molecule has 10 heavy (non-hydrogen) atoms. The minimum absolute atomic E-state index is 0.172. The van der Waals surface area contributed by atoms with Crippen molar-refractivity contribution < 1.29 is 14.6 Å². The molecule has 1 aliphatic heterocycles. The van der Waals surface area contributed by atoms with Gasteiger partial charge in [0.05, 0.1) is 12.7 Å². The van der Waals surface area contributed by atoms with Gasteiger partial charge in [0.25, 0.3) is 0 Å². The van der Waals surface area contributed by atoms with Crippen LogP contribution in [0.5, 0.6) is 0 Å². The Kier molecular flexibility index (Phi) is 3.12. The second-order valence-corrected chi connectivity index (χ2v) is 2.43. The molecule has 0 amide bonds. The Balaban J connectivity index is 2.18. The lowest BCUT2D eigenvalue weighted by Crippen LogP contribution is -2.30. The van der Waals surface area contributed by atoms with Crippen LogP contribution in [-0.4, -0.2) is 30.7 Å². The Morgan fingerprint density at radius 1 is 1.70 bits per heavy atom. The molecule has 1 saturated heterocycles. The molecule has 0 unspecified atom stereocenters. The van der Waals surface area contributed by atoms with Crippen LogP contribution in [0.15, 0.2) is 0 Å². The molecule has 60 valence electrons. The molecular weight excluding hydrogens is 132 g/mol. The van der Waals surface area contributed by atoms with E-state index in [1.54, 1.807) is 0 Å². The van der Waals surface area contributed by atoms with Crippen molar-refractivity contribution in [2.24, 2.45) is 0 Å². The fourth-order valence-electron chi connectivity index (χ4n) is 1.05. The summed E-state index contributed by atoms with van der Waals surface area (Å²) in [5.41, 5.74) is 0. The summed E-state index contributed by atoms with van der Waals surface area (Å²) in [5, 5.41) is 9.15. The van der Waals surface area contributed by atoms with Gasteiger partial charge in [-0.05, 0) is 13.3 Å². The van der Waals surface area contributed by atoms with Gasteiger partial charge in [-0.3, -0.25) is 0 Å². The van der Waals surface area contributed by atoms with Crippen molar-refractivity contribution in [3.05, 3.63) is 0 Å². The van der Waals surface area contributed by atoms with E-state index in [9.17, 15) is 0 Å². The van der Waals surface area contributed by atoms with Crippen LogP contribution in [0.25, 0.3) is 0 Å². The van der Waals surface area contributed by atoms with Gasteiger partial charge < -0.3 is 14.6 Å². The average molecular weight is 146 g/mol. The normalized spacial score (nSPS) is 34.2. The summed E-state index contributed by atoms with van der Waals surface area (Å²) in [5.74, 6) is 0. The van der Waals surface area contributed by atoms with Crippen molar-refractivity contribution in [3.63, 3.8) is 0 Å². The molecule has 3 heteroatoms. The third-order valence-electron chi connectivity index (χ3n) is 1.57. The molecule has 0 radical (unpaired) electrons. The average Bonchev–Trinajstić information content (AvgIpc) is 1.88. The molecule has 1 N–H and O–H groups in total. The summed E-state index contributed by atoms with van der Waals surface area (Å²) in [6.07, 6.45) is 0.955. The van der Waals surface area contributed by atoms with Crippen molar-refractivity contribution in [1.82, 2.24) is 0 Å². The van der Waals surface area contributed by atoms with E-state index in [2.05, 4.69) is 0 Å². The van der Waals surface area contributed by atoms with E-state index in [0.717, 1.165) is 6.42 Å². The highest BCUT2D eigenvalue weighted by Crippen LogP contribution is 2.13. The van der Waals surface area contributed by atoms with Gasteiger partial charge >= 0.3 is 0 Å². The number of rotatable bonds is 2. The number of hydrogen-bond acceptors (Lipinski definition) is 3. The first-order valence-corrected chi connectivity index (χ1v) is 3.74. The standard InChI is InChI=1S/C7H14O3/c1-2-9-7-5-6(8)3-4-10-7/h6-8H,2-5H2,1H3/t6-,7+/m1/s1. The van der Waals surface area contributed by atoms with E-state index in [0.29, 0.717) is 19.6 Å². The lowest BCUT2D eigenvalue weighted by Gasteiger charge is -2.25. The lowest BCUT2D eigenvalue weighted by atomic mass is 10.1. The van der Waals surface area contributed by atoms with Crippen molar-refractivity contribution in [1.29, 1.82) is 0 Å². The summed E-state index contributed by atoms with van der Waals surface area (Å²) in [6, 6.07) is 0. The Morgan fingerprint density at radius 2 is 2.50 bits per heavy atom. The molecule has 1 aliphatic rings. The highest BCUT2D eigenvalue weighted by molar-refractivity contribution is 4.63. The van der Waals surface area contributed by atoms with E-state index in [1.807, 2.05) is 6.92 Å². The second-order valence-electron chi connectivity index (χ2n) is 2.43. The topological polar surface area (TPSA) is 38.7 Å². The first-order chi connectivity index (χ1) is 4.83. The number of aliphatic hydroxyl groups is 1. The minimum Gasteiger partial charge on any atom is -0.393 e. The van der Waals surface area contributed by atoms with Crippen LogP contribution in [0.2, 0.25) is 0 Å². The third kappa shape index (κ3) is 2.25. The molecule has 3 nitrogen and oxygen atoms in total. The van der Waals surface area contributed by atoms with Crippen LogP contribution in [0.4, 0.5) is 0 Å². The molecule has 0 saturated carbocycles. The Labute approximate surface area is 60.9 Å². The second kappa shape index (κ2) is 3.91. The lowest BCUT2D eigenvalue weighted by molar-refractivity contribution is -0.182. The molecule has 0 aromatic heterocycles. The molecule has 0 spiro atoms. The number of aliphatic hydroxyl groups excluding tert-OH is 1. The van der Waals surface area contributed by atoms with Crippen LogP contribution in [-0.2, 0) is 9.47 Å². The summed E-state index contributed by atoms with van der Waals surface area (Å²) >= 11 is 0. The van der Waals surface area contributed by atoms with Crippen LogP contribution in [0, 0.1) is 0 Å². The predicted molar refractivity (Wildman–Crippen MR) is 36.6 cm³/mol. The molecular formula is C7H14O3. The monoisotopic (exact) mass is 146 g/mol. The first kappa shape index (κ1) is 7.98. The summed E-state index contributed by atoms with van der Waals surface area (Å²) < 4.78 is 10.4. The highest BCUT2D eigenvalue weighted by Gasteiger charge is 2.20. The zero-order chi connectivity index (χ0) is 7.40. The Morgan fingerprint density at radius 3 is 3.10 bits per heavy atom. The van der Waals surface area contributed by atoms with E-state index in [-0.39, 0.29) is 12.4 Å². The van der Waals surface area contributed by atoms with E-state index >= 15 is 0 Å². The van der Waals surface area contributed by atoms with Crippen LogP contribution in [0.3, 0.4) is 0 Å². The predicted octanol–water partition coefficient (Wildman–Crippen LogP) is 0.520. The molecule has 2 atom stereocenters. The van der Waals surface area contributed by atoms with Crippen LogP contribution < -0.4 is 0 Å². The van der Waals surface area contributed by atoms with Crippen LogP contribution in [0.1, 0.15) is 19.8 Å². The SMILES string of the molecule is CCO[C@@H]1C[C@H](O)CCO1. The molecule has 1 fully saturated rings. The summed E-state index contributed by atoms with van der Waals surface area (Å²) in [6.45, 7) is 3.19. The zero-order valence-corrected chi connectivity index (χ0v) is 6.25. The van der Waals surface area contributed by atoms with Gasteiger partial charge in [0.15, 0.2) is 6.29 Å². The zero-order valence-electron chi connectivity index (χ0n) is 6.25. The van der Waals surface area contributed by atoms with Gasteiger partial charge in [0.2, 0.25) is 0 Å². The van der Waals surface area contributed by atoms with Crippen molar-refractivity contribution >= 4 is 0 Å². The van der Waals surface area contributed by atoms with E-state index in [4.69, 9.17) is 14.6 Å². The largest absolute Gasteiger partial charge is 0.393 e. The number of hydrogen-bond donors (Lipinski definition) is 1. The summed E-state index contributed by atoms with van der Waals surface area (Å²) in [7, 11) is 0. The van der Waals surface area contributed by atoms with Gasteiger partial charge in [-0.25, -0.2) is 0 Å². The fourth-order valence-corrected chi connectivity index (χ4v) is 1.05. The molecule has 0 aliphatic carbocycles. The smallest absolute Gasteiger partial charge is 0.160 e. The van der Waals surface area contributed by atoms with Crippen LogP contribution >= 0.6 is 0 Å². The molecule has 1 rings (SSSR count). The molecule has 0 aromatic carbocycles. The molecule has 1 heterocycles. The maximum Gasteiger partial charge on any atom is 0.160 e. The van der Waals surface area contributed by atoms with Crippen molar-refractivity contribution in [3.8, 4) is 0 Å². The van der Waals surface area contributed by atoms with Crippen molar-refractivity contribution in [2.45, 2.75) is 32.2 Å². The molecule has 0 aromatic rings. The van der Waals surface area contributed by atoms with Gasteiger partial charge in [-0.15, -0.1) is 0 Å². The first-order valence-electron chi connectivity index (χ1n) is 3.74. The van der Waals surface area contributed by atoms with Gasteiger partial charge in [0.1, 0.15) is 0 Å². The Hall–Kier alpha value is -0.120. The molecule has 0 bridgehead atoms. The minimum atomic E-state index is -0.231. The van der Waals surface area contributed by atoms with Gasteiger partial charge in [-0.1, -0.05) is 0 Å². The Bertz CT molecular complexity index is 92.9. The van der Waals surface area contributed by atoms with Gasteiger partial charge in [0, 0.05) is 13.0 Å². The maximum atomic E-state index is 9.15.